The number of amides is 1. The number of aryl methyl sites for hydroxylation is 2. The standard InChI is InChI=1S/C19H24N2O/c20-15-5-10-19(22)21-18-13-11-17(12-14-18)9-4-8-16-6-2-1-3-7-16/h1-3,6-7,11-14H,4-5,8-10,15,20H2,(H,21,22). The minimum absolute atomic E-state index is 0.0299. The van der Waals surface area contributed by atoms with E-state index in [1.165, 1.54) is 11.1 Å². The highest BCUT2D eigenvalue weighted by molar-refractivity contribution is 5.90. The average molecular weight is 296 g/mol. The Morgan fingerprint density at radius 3 is 2.14 bits per heavy atom. The monoisotopic (exact) mass is 296 g/mol. The van der Waals surface area contributed by atoms with Crippen molar-refractivity contribution >= 4 is 11.6 Å². The molecule has 0 aromatic heterocycles. The molecular formula is C19H24N2O. The molecule has 0 aliphatic heterocycles. The Bertz CT molecular complexity index is 564. The highest BCUT2D eigenvalue weighted by Crippen LogP contribution is 2.13. The van der Waals surface area contributed by atoms with Crippen LogP contribution in [0.25, 0.3) is 0 Å². The van der Waals surface area contributed by atoms with Crippen molar-refractivity contribution in [3.8, 4) is 0 Å². The van der Waals surface area contributed by atoms with Gasteiger partial charge in [-0.3, -0.25) is 4.79 Å². The van der Waals surface area contributed by atoms with E-state index in [2.05, 4.69) is 41.7 Å². The van der Waals surface area contributed by atoms with Crippen LogP contribution in [0.5, 0.6) is 0 Å². The molecule has 0 atom stereocenters. The number of carbonyl (C=O) groups is 1. The van der Waals surface area contributed by atoms with Crippen LogP contribution < -0.4 is 11.1 Å². The van der Waals surface area contributed by atoms with Crippen molar-refractivity contribution < 1.29 is 4.79 Å². The molecule has 0 aliphatic carbocycles. The fourth-order valence-corrected chi connectivity index (χ4v) is 2.38. The van der Waals surface area contributed by atoms with Gasteiger partial charge in [0, 0.05) is 12.1 Å². The Labute approximate surface area is 132 Å². The number of anilines is 1. The lowest BCUT2D eigenvalue weighted by atomic mass is 10.0. The van der Waals surface area contributed by atoms with Crippen LogP contribution >= 0.6 is 0 Å². The smallest absolute Gasteiger partial charge is 0.224 e. The topological polar surface area (TPSA) is 55.1 Å². The maximum absolute atomic E-state index is 11.6. The lowest BCUT2D eigenvalue weighted by Crippen LogP contribution is -2.13. The van der Waals surface area contributed by atoms with Crippen molar-refractivity contribution in [3.63, 3.8) is 0 Å². The minimum Gasteiger partial charge on any atom is -0.330 e. The Balaban J connectivity index is 1.75. The molecule has 0 bridgehead atoms. The van der Waals surface area contributed by atoms with Crippen molar-refractivity contribution in [1.29, 1.82) is 0 Å². The van der Waals surface area contributed by atoms with Gasteiger partial charge in [-0.25, -0.2) is 0 Å². The molecule has 2 aromatic carbocycles. The summed E-state index contributed by atoms with van der Waals surface area (Å²) in [6.07, 6.45) is 4.49. The van der Waals surface area contributed by atoms with Crippen LogP contribution in [0.1, 0.15) is 30.4 Å². The summed E-state index contributed by atoms with van der Waals surface area (Å²) < 4.78 is 0. The van der Waals surface area contributed by atoms with E-state index >= 15 is 0 Å². The van der Waals surface area contributed by atoms with Crippen LogP contribution in [0.15, 0.2) is 54.6 Å². The molecule has 116 valence electrons. The van der Waals surface area contributed by atoms with Gasteiger partial charge in [0.1, 0.15) is 0 Å². The van der Waals surface area contributed by atoms with Crippen molar-refractivity contribution in [2.45, 2.75) is 32.1 Å². The summed E-state index contributed by atoms with van der Waals surface area (Å²) in [6.45, 7) is 0.549. The zero-order chi connectivity index (χ0) is 15.6. The highest BCUT2D eigenvalue weighted by Gasteiger charge is 2.02. The van der Waals surface area contributed by atoms with Gasteiger partial charge in [0.25, 0.3) is 0 Å². The van der Waals surface area contributed by atoms with Gasteiger partial charge in [-0.2, -0.15) is 0 Å². The SMILES string of the molecule is NCCCC(=O)Nc1ccc(CCCc2ccccc2)cc1. The van der Waals surface area contributed by atoms with Crippen LogP contribution in [0.4, 0.5) is 5.69 Å². The first-order valence-corrected chi connectivity index (χ1v) is 7.91. The Morgan fingerprint density at radius 2 is 1.50 bits per heavy atom. The largest absolute Gasteiger partial charge is 0.330 e. The van der Waals surface area contributed by atoms with E-state index in [0.29, 0.717) is 13.0 Å². The van der Waals surface area contributed by atoms with E-state index < -0.39 is 0 Å². The number of nitrogens with one attached hydrogen (secondary N) is 1. The summed E-state index contributed by atoms with van der Waals surface area (Å²) >= 11 is 0. The van der Waals surface area contributed by atoms with Gasteiger partial charge in [-0.15, -0.1) is 0 Å². The molecule has 0 saturated heterocycles. The molecule has 3 nitrogen and oxygen atoms in total. The van der Waals surface area contributed by atoms with Crippen molar-refractivity contribution in [3.05, 3.63) is 65.7 Å². The summed E-state index contributed by atoms with van der Waals surface area (Å²) in [5.41, 5.74) is 8.94. The lowest BCUT2D eigenvalue weighted by molar-refractivity contribution is -0.116. The van der Waals surface area contributed by atoms with E-state index in [1.807, 2.05) is 18.2 Å². The second-order valence-corrected chi connectivity index (χ2v) is 5.48. The molecule has 22 heavy (non-hydrogen) atoms. The number of nitrogens with two attached hydrogens (primary N) is 1. The van der Waals surface area contributed by atoms with Crippen molar-refractivity contribution in [2.24, 2.45) is 5.73 Å². The summed E-state index contributed by atoms with van der Waals surface area (Å²) in [6, 6.07) is 18.7. The minimum atomic E-state index is 0.0299. The summed E-state index contributed by atoms with van der Waals surface area (Å²) in [4.78, 5) is 11.6. The molecule has 2 aromatic rings. The van der Waals surface area contributed by atoms with Gasteiger partial charge in [-0.05, 0) is 55.5 Å². The van der Waals surface area contributed by atoms with E-state index in [0.717, 1.165) is 31.4 Å². The second kappa shape index (κ2) is 9.00. The van der Waals surface area contributed by atoms with Gasteiger partial charge in [0.15, 0.2) is 0 Å². The van der Waals surface area contributed by atoms with Crippen LogP contribution in [0.2, 0.25) is 0 Å². The van der Waals surface area contributed by atoms with Gasteiger partial charge in [0.05, 0.1) is 0 Å². The molecule has 2 rings (SSSR count). The predicted octanol–water partition coefficient (Wildman–Crippen LogP) is 3.54. The number of hydrogen-bond acceptors (Lipinski definition) is 2. The zero-order valence-electron chi connectivity index (χ0n) is 12.9. The molecule has 3 heteroatoms. The maximum atomic E-state index is 11.6. The summed E-state index contributed by atoms with van der Waals surface area (Å²) in [5.74, 6) is 0.0299. The summed E-state index contributed by atoms with van der Waals surface area (Å²) in [5, 5.41) is 2.89. The Hall–Kier alpha value is -2.13. The van der Waals surface area contributed by atoms with Gasteiger partial charge >= 0.3 is 0 Å². The van der Waals surface area contributed by atoms with E-state index in [4.69, 9.17) is 5.73 Å². The first-order valence-electron chi connectivity index (χ1n) is 7.91. The van der Waals surface area contributed by atoms with Crippen LogP contribution in [-0.4, -0.2) is 12.5 Å². The maximum Gasteiger partial charge on any atom is 0.224 e. The van der Waals surface area contributed by atoms with E-state index in [9.17, 15) is 4.79 Å². The normalized spacial score (nSPS) is 10.4. The Morgan fingerprint density at radius 1 is 0.864 bits per heavy atom. The third-order valence-corrected chi connectivity index (χ3v) is 3.62. The number of rotatable bonds is 8. The van der Waals surface area contributed by atoms with Crippen molar-refractivity contribution in [2.75, 3.05) is 11.9 Å². The van der Waals surface area contributed by atoms with Crippen molar-refractivity contribution in [1.82, 2.24) is 0 Å². The highest BCUT2D eigenvalue weighted by atomic mass is 16.1. The quantitative estimate of drug-likeness (QED) is 0.783. The van der Waals surface area contributed by atoms with Crippen LogP contribution in [0.3, 0.4) is 0 Å². The summed E-state index contributed by atoms with van der Waals surface area (Å²) in [7, 11) is 0. The first-order chi connectivity index (χ1) is 10.8. The first kappa shape index (κ1) is 16.2. The molecule has 0 saturated carbocycles. The van der Waals surface area contributed by atoms with E-state index in [1.54, 1.807) is 0 Å². The second-order valence-electron chi connectivity index (χ2n) is 5.48. The van der Waals surface area contributed by atoms with Gasteiger partial charge < -0.3 is 11.1 Å². The van der Waals surface area contributed by atoms with E-state index in [-0.39, 0.29) is 5.91 Å². The fraction of sp³-hybridized carbons (Fsp3) is 0.316. The molecule has 0 spiro atoms. The fourth-order valence-electron chi connectivity index (χ4n) is 2.38. The number of hydrogen-bond donors (Lipinski definition) is 2. The average Bonchev–Trinajstić information content (AvgIpc) is 2.55. The predicted molar refractivity (Wildman–Crippen MR) is 91.8 cm³/mol. The number of benzene rings is 2. The molecule has 0 unspecified atom stereocenters. The van der Waals surface area contributed by atoms with Gasteiger partial charge in [0.2, 0.25) is 5.91 Å². The molecule has 0 radical (unpaired) electrons. The molecule has 1 amide bonds. The molecule has 0 heterocycles. The third kappa shape index (κ3) is 5.70. The molecule has 0 aliphatic rings. The molecule has 0 fully saturated rings. The van der Waals surface area contributed by atoms with Gasteiger partial charge in [-0.1, -0.05) is 42.5 Å². The van der Waals surface area contributed by atoms with Crippen LogP contribution in [-0.2, 0) is 17.6 Å². The molecule has 3 N–H and O–H groups in total. The number of carbonyl (C=O) groups excluding carboxylic acids is 1. The van der Waals surface area contributed by atoms with Crippen LogP contribution in [0, 0.1) is 0 Å². The zero-order valence-corrected chi connectivity index (χ0v) is 12.9. The lowest BCUT2D eigenvalue weighted by Gasteiger charge is -2.06. The molecular weight excluding hydrogens is 272 g/mol. The third-order valence-electron chi connectivity index (χ3n) is 3.62. The Kier molecular flexibility index (Phi) is 6.65.